The van der Waals surface area contributed by atoms with E-state index in [4.69, 9.17) is 0 Å². The van der Waals surface area contributed by atoms with Crippen molar-refractivity contribution in [3.8, 4) is 0 Å². The van der Waals surface area contributed by atoms with Crippen LogP contribution in [0.3, 0.4) is 0 Å². The summed E-state index contributed by atoms with van der Waals surface area (Å²) in [4.78, 5) is 24.2. The Morgan fingerprint density at radius 2 is 1.88 bits per heavy atom. The van der Waals surface area contributed by atoms with E-state index in [-0.39, 0.29) is 11.8 Å². The Bertz CT molecular complexity index is 694. The number of hydrogen-bond acceptors (Lipinski definition) is 3. The zero-order valence-corrected chi connectivity index (χ0v) is 15.7. The molecule has 0 radical (unpaired) electrons. The Morgan fingerprint density at radius 1 is 1.12 bits per heavy atom. The molecule has 0 aliphatic carbocycles. The Labute approximate surface area is 154 Å². The maximum Gasteiger partial charge on any atom is 0.246 e. The van der Waals surface area contributed by atoms with Gasteiger partial charge in [-0.2, -0.15) is 0 Å². The van der Waals surface area contributed by atoms with Gasteiger partial charge in [0.1, 0.15) is 6.04 Å². The van der Waals surface area contributed by atoms with Gasteiger partial charge in [0, 0.05) is 17.3 Å². The van der Waals surface area contributed by atoms with Crippen LogP contribution in [0.4, 0.5) is 0 Å². The van der Waals surface area contributed by atoms with Crippen LogP contribution in [0.25, 0.3) is 0 Å². The van der Waals surface area contributed by atoms with Crippen molar-refractivity contribution in [1.82, 2.24) is 10.6 Å². The number of carbonyl (C=O) groups is 2. The number of nitrogens with one attached hydrogen (secondary N) is 2. The van der Waals surface area contributed by atoms with Crippen molar-refractivity contribution in [3.63, 3.8) is 0 Å². The predicted molar refractivity (Wildman–Crippen MR) is 102 cm³/mol. The van der Waals surface area contributed by atoms with Crippen molar-refractivity contribution in [3.05, 3.63) is 70.2 Å². The number of hydrogen-bond donors (Lipinski definition) is 2. The van der Waals surface area contributed by atoms with Crippen LogP contribution in [0.5, 0.6) is 0 Å². The molecule has 0 heterocycles. The molecule has 2 rings (SSSR count). The molecule has 2 aromatic carbocycles. The van der Waals surface area contributed by atoms with Crippen LogP contribution in [0.2, 0.25) is 0 Å². The highest BCUT2D eigenvalue weighted by Crippen LogP contribution is 2.18. The Hall–Kier alpha value is -1.79. The monoisotopic (exact) mass is 406 g/mol. The lowest BCUT2D eigenvalue weighted by Gasteiger charge is -2.17. The van der Waals surface area contributed by atoms with Crippen molar-refractivity contribution in [2.75, 3.05) is 12.8 Å². The summed E-state index contributed by atoms with van der Waals surface area (Å²) in [5.74, 6) is 0.648. The van der Waals surface area contributed by atoms with Gasteiger partial charge >= 0.3 is 0 Å². The molecule has 0 aromatic heterocycles. The molecule has 0 aliphatic rings. The van der Waals surface area contributed by atoms with Gasteiger partial charge in [0.2, 0.25) is 11.8 Å². The Morgan fingerprint density at radius 3 is 2.54 bits per heavy atom. The van der Waals surface area contributed by atoms with E-state index < -0.39 is 6.04 Å². The van der Waals surface area contributed by atoms with Gasteiger partial charge in [-0.05, 0) is 23.3 Å². The summed E-state index contributed by atoms with van der Waals surface area (Å²) in [5.41, 5.74) is 1.91. The van der Waals surface area contributed by atoms with Gasteiger partial charge in [0.15, 0.2) is 0 Å². The molecule has 0 bridgehead atoms. The van der Waals surface area contributed by atoms with E-state index in [2.05, 4.69) is 26.6 Å². The fourth-order valence-electron chi connectivity index (χ4n) is 2.18. The van der Waals surface area contributed by atoms with Crippen molar-refractivity contribution in [2.24, 2.45) is 0 Å². The third-order valence-electron chi connectivity index (χ3n) is 3.34. The molecule has 4 nitrogen and oxygen atoms in total. The smallest absolute Gasteiger partial charge is 0.246 e. The van der Waals surface area contributed by atoms with Gasteiger partial charge in [-0.3, -0.25) is 9.59 Å². The molecule has 24 heavy (non-hydrogen) atoms. The first-order valence-corrected chi connectivity index (χ1v) is 9.43. The fourth-order valence-corrected chi connectivity index (χ4v) is 3.41. The highest BCUT2D eigenvalue weighted by molar-refractivity contribution is 9.10. The quantitative estimate of drug-likeness (QED) is 0.741. The molecule has 1 unspecified atom stereocenters. The van der Waals surface area contributed by atoms with E-state index in [9.17, 15) is 9.59 Å². The van der Waals surface area contributed by atoms with Gasteiger partial charge in [0.05, 0.1) is 5.75 Å². The predicted octanol–water partition coefficient (Wildman–Crippen LogP) is 3.29. The van der Waals surface area contributed by atoms with Gasteiger partial charge in [-0.15, -0.1) is 11.8 Å². The summed E-state index contributed by atoms with van der Waals surface area (Å²) in [6.45, 7) is 0. The minimum atomic E-state index is -0.671. The summed E-state index contributed by atoms with van der Waals surface area (Å²) in [7, 11) is 1.56. The van der Waals surface area contributed by atoms with Crippen LogP contribution in [-0.4, -0.2) is 24.6 Å². The molecule has 2 aromatic rings. The molecule has 0 aliphatic heterocycles. The Balaban J connectivity index is 1.90. The zero-order chi connectivity index (χ0) is 17.4. The third kappa shape index (κ3) is 5.69. The van der Waals surface area contributed by atoms with E-state index in [0.29, 0.717) is 5.75 Å². The number of carbonyl (C=O) groups excluding carboxylic acids is 2. The van der Waals surface area contributed by atoms with Crippen molar-refractivity contribution >= 4 is 39.5 Å². The van der Waals surface area contributed by atoms with Crippen LogP contribution in [0, 0.1) is 0 Å². The molecular formula is C18H19BrN2O2S. The maximum absolute atomic E-state index is 12.2. The summed E-state index contributed by atoms with van der Waals surface area (Å²) in [5, 5.41) is 5.39. The first-order valence-electron chi connectivity index (χ1n) is 7.48. The molecule has 0 fully saturated rings. The Kier molecular flexibility index (Phi) is 7.34. The molecule has 6 heteroatoms. The summed E-state index contributed by atoms with van der Waals surface area (Å²) < 4.78 is 1.02. The van der Waals surface area contributed by atoms with E-state index >= 15 is 0 Å². The van der Waals surface area contributed by atoms with Crippen LogP contribution in [0.1, 0.15) is 17.2 Å². The average molecular weight is 407 g/mol. The second kappa shape index (κ2) is 9.49. The van der Waals surface area contributed by atoms with Crippen molar-refractivity contribution < 1.29 is 9.59 Å². The lowest BCUT2D eigenvalue weighted by Crippen LogP contribution is -2.39. The van der Waals surface area contributed by atoms with Crippen molar-refractivity contribution in [2.45, 2.75) is 11.8 Å². The zero-order valence-electron chi connectivity index (χ0n) is 13.3. The standard InChI is InChI=1S/C18H19BrN2O2S/c1-20-18(23)17(14-7-3-2-4-8-14)21-16(22)12-24-11-13-6-5-9-15(19)10-13/h2-10,17H,11-12H2,1H3,(H,20,23)(H,21,22). The molecule has 1 atom stereocenters. The van der Waals surface area contributed by atoms with E-state index in [1.54, 1.807) is 7.05 Å². The number of likely N-dealkylation sites (N-methyl/N-ethyl adjacent to an activating group) is 1. The van der Waals surface area contributed by atoms with Crippen LogP contribution < -0.4 is 10.6 Å². The lowest BCUT2D eigenvalue weighted by atomic mass is 10.1. The first-order chi connectivity index (χ1) is 11.6. The summed E-state index contributed by atoms with van der Waals surface area (Å²) in [6, 6.07) is 16.5. The molecule has 0 spiro atoms. The van der Waals surface area contributed by atoms with Gasteiger partial charge in [0.25, 0.3) is 0 Å². The normalized spacial score (nSPS) is 11.6. The number of halogens is 1. The third-order valence-corrected chi connectivity index (χ3v) is 4.83. The second-order valence-electron chi connectivity index (χ2n) is 5.15. The molecule has 0 saturated heterocycles. The van der Waals surface area contributed by atoms with Gasteiger partial charge in [-0.1, -0.05) is 58.4 Å². The number of rotatable bonds is 7. The fraction of sp³-hybridized carbons (Fsp3) is 0.222. The molecule has 126 valence electrons. The van der Waals surface area contributed by atoms with Crippen LogP contribution >= 0.6 is 27.7 Å². The summed E-state index contributed by atoms with van der Waals surface area (Å²) in [6.07, 6.45) is 0. The summed E-state index contributed by atoms with van der Waals surface area (Å²) >= 11 is 4.95. The van der Waals surface area contributed by atoms with Crippen molar-refractivity contribution in [1.29, 1.82) is 0 Å². The molecule has 2 amide bonds. The van der Waals surface area contributed by atoms with Gasteiger partial charge < -0.3 is 10.6 Å². The highest BCUT2D eigenvalue weighted by Gasteiger charge is 2.21. The minimum Gasteiger partial charge on any atom is -0.357 e. The molecule has 2 N–H and O–H groups in total. The SMILES string of the molecule is CNC(=O)C(NC(=O)CSCc1cccc(Br)c1)c1ccccc1. The maximum atomic E-state index is 12.2. The number of amides is 2. The van der Waals surface area contributed by atoms with E-state index in [0.717, 1.165) is 21.4 Å². The lowest BCUT2D eigenvalue weighted by molar-refractivity contribution is -0.127. The van der Waals surface area contributed by atoms with Gasteiger partial charge in [-0.25, -0.2) is 0 Å². The second-order valence-corrected chi connectivity index (χ2v) is 7.05. The van der Waals surface area contributed by atoms with Crippen LogP contribution in [0.15, 0.2) is 59.1 Å². The molecule has 0 saturated carbocycles. The molecular weight excluding hydrogens is 388 g/mol. The topological polar surface area (TPSA) is 58.2 Å². The number of thioether (sulfide) groups is 1. The van der Waals surface area contributed by atoms with E-state index in [1.165, 1.54) is 11.8 Å². The van der Waals surface area contributed by atoms with E-state index in [1.807, 2.05) is 54.6 Å². The first kappa shape index (κ1) is 18.5. The average Bonchev–Trinajstić information content (AvgIpc) is 2.60. The highest BCUT2D eigenvalue weighted by atomic mass is 79.9. The largest absolute Gasteiger partial charge is 0.357 e. The van der Waals surface area contributed by atoms with Crippen LogP contribution in [-0.2, 0) is 15.3 Å². The minimum absolute atomic E-state index is 0.160. The number of benzene rings is 2.